The number of benzene rings is 3. The predicted octanol–water partition coefficient (Wildman–Crippen LogP) is 5.76. The molecule has 11 heteroatoms. The molecule has 0 bridgehead atoms. The minimum atomic E-state index is -3.88. The molecule has 3 heterocycles. The van der Waals surface area contributed by atoms with Crippen molar-refractivity contribution in [3.8, 4) is 5.75 Å². The maximum absolute atomic E-state index is 13.8. The van der Waals surface area contributed by atoms with Gasteiger partial charge in [0.2, 0.25) is 5.91 Å². The van der Waals surface area contributed by atoms with E-state index in [0.717, 1.165) is 58.2 Å². The first-order chi connectivity index (χ1) is 21.5. The fourth-order valence-corrected chi connectivity index (χ4v) is 9.31. The van der Waals surface area contributed by atoms with Gasteiger partial charge in [0.25, 0.3) is 10.0 Å². The molecule has 0 aliphatic carbocycles. The van der Waals surface area contributed by atoms with Gasteiger partial charge in [0.1, 0.15) is 5.75 Å². The van der Waals surface area contributed by atoms with Crippen LogP contribution in [0.15, 0.2) is 65.7 Å². The lowest BCUT2D eigenvalue weighted by atomic mass is 9.99. The largest absolute Gasteiger partial charge is 0.507 e. The van der Waals surface area contributed by atoms with Crippen LogP contribution in [0.4, 0.5) is 10.5 Å². The highest BCUT2D eigenvalue weighted by Gasteiger charge is 2.42. The van der Waals surface area contributed by atoms with E-state index in [1.807, 2.05) is 50.7 Å². The molecular weight excluding hydrogens is 609 g/mol. The molecule has 3 atom stereocenters. The second kappa shape index (κ2) is 12.4. The summed E-state index contributed by atoms with van der Waals surface area (Å²) in [6.07, 6.45) is 5.05. The molecule has 4 aromatic rings. The fraction of sp³-hybridized carbons (Fsp3) is 0.353. The van der Waals surface area contributed by atoms with Gasteiger partial charge in [0, 0.05) is 34.7 Å². The number of aryl methyl sites for hydroxylation is 3. The van der Waals surface area contributed by atoms with Crippen LogP contribution in [0.5, 0.6) is 5.75 Å². The summed E-state index contributed by atoms with van der Waals surface area (Å²) < 4.78 is 28.9. The van der Waals surface area contributed by atoms with Crippen molar-refractivity contribution in [3.63, 3.8) is 0 Å². The van der Waals surface area contributed by atoms with Crippen LogP contribution < -0.4 is 16.0 Å². The van der Waals surface area contributed by atoms with Crippen molar-refractivity contribution in [2.45, 2.75) is 75.1 Å². The molecule has 236 valence electrons. The molecule has 45 heavy (non-hydrogen) atoms. The van der Waals surface area contributed by atoms with E-state index in [0.29, 0.717) is 29.3 Å². The lowest BCUT2D eigenvalue weighted by Crippen LogP contribution is -2.36. The number of phenols is 1. The molecule has 2 aliphatic heterocycles. The first kappa shape index (κ1) is 31.0. The summed E-state index contributed by atoms with van der Waals surface area (Å²) in [5, 5.41) is 20.3. The number of unbranched alkanes of at least 4 members (excludes halogenated alkanes) is 1. The minimum Gasteiger partial charge on any atom is -0.507 e. The normalized spacial score (nSPS) is 19.4. The molecule has 0 spiro atoms. The van der Waals surface area contributed by atoms with Gasteiger partial charge < -0.3 is 21.1 Å². The lowest BCUT2D eigenvalue weighted by molar-refractivity contribution is -0.116. The summed E-state index contributed by atoms with van der Waals surface area (Å²) in [4.78, 5) is 24.7. The number of thioether (sulfide) groups is 1. The summed E-state index contributed by atoms with van der Waals surface area (Å²) in [7, 11) is -3.88. The summed E-state index contributed by atoms with van der Waals surface area (Å²) in [6.45, 7) is 5.60. The Morgan fingerprint density at radius 1 is 1.02 bits per heavy atom. The van der Waals surface area contributed by atoms with E-state index in [-0.39, 0.29) is 34.7 Å². The van der Waals surface area contributed by atoms with Crippen LogP contribution in [0.3, 0.4) is 0 Å². The summed E-state index contributed by atoms with van der Waals surface area (Å²) in [5.74, 6) is 1.07. The van der Waals surface area contributed by atoms with Crippen molar-refractivity contribution in [1.82, 2.24) is 14.6 Å². The standard InChI is InChI=1S/C34H38N4O5S2/c1-20-8-11-26(12-9-20)45(42,43)38-18-24(16-23-14-21(2)33(40)22(3)15-23)27-17-25(10-13-29(27)38)35-31(39)7-5-4-6-30-32-28(19-44-30)36-34(41)37-32/h8-15,17-18,28,30,32,40H,4-7,16,19H2,1-3H3,(H,35,39)(H2,36,37,41)/t28-,30-,32-/m0/s1. The van der Waals surface area contributed by atoms with Gasteiger partial charge in [-0.3, -0.25) is 4.79 Å². The molecule has 2 fully saturated rings. The third kappa shape index (κ3) is 6.41. The first-order valence-corrected chi connectivity index (χ1v) is 17.7. The maximum Gasteiger partial charge on any atom is 0.315 e. The van der Waals surface area contributed by atoms with E-state index < -0.39 is 10.0 Å². The molecule has 0 saturated carbocycles. The van der Waals surface area contributed by atoms with Crippen molar-refractivity contribution in [3.05, 3.63) is 88.6 Å². The molecule has 6 rings (SSSR count). The number of hydrogen-bond acceptors (Lipinski definition) is 6. The van der Waals surface area contributed by atoms with Crippen LogP contribution in [0.2, 0.25) is 0 Å². The van der Waals surface area contributed by atoms with Gasteiger partial charge in [-0.2, -0.15) is 11.8 Å². The molecule has 3 amide bonds. The number of aromatic nitrogens is 1. The Kier molecular flexibility index (Phi) is 8.58. The second-order valence-corrected chi connectivity index (χ2v) is 15.3. The topological polar surface area (TPSA) is 130 Å². The number of aromatic hydroxyl groups is 1. The summed E-state index contributed by atoms with van der Waals surface area (Å²) in [6, 6.07) is 16.2. The van der Waals surface area contributed by atoms with Crippen molar-refractivity contribution in [1.29, 1.82) is 0 Å². The van der Waals surface area contributed by atoms with E-state index in [1.165, 1.54) is 3.97 Å². The van der Waals surface area contributed by atoms with Gasteiger partial charge in [0.15, 0.2) is 0 Å². The van der Waals surface area contributed by atoms with E-state index in [2.05, 4.69) is 16.0 Å². The lowest BCUT2D eigenvalue weighted by Gasteiger charge is -2.16. The van der Waals surface area contributed by atoms with E-state index in [9.17, 15) is 23.1 Å². The van der Waals surface area contributed by atoms with Gasteiger partial charge in [-0.25, -0.2) is 17.2 Å². The Morgan fingerprint density at radius 3 is 2.49 bits per heavy atom. The van der Waals surface area contributed by atoms with Crippen LogP contribution in [0, 0.1) is 20.8 Å². The number of urea groups is 1. The molecule has 0 radical (unpaired) electrons. The number of carbonyl (C=O) groups is 2. The molecule has 3 aromatic carbocycles. The quantitative estimate of drug-likeness (QED) is 0.128. The number of rotatable bonds is 10. The average Bonchev–Trinajstić information content (AvgIpc) is 3.67. The molecule has 4 N–H and O–H groups in total. The van der Waals surface area contributed by atoms with Crippen molar-refractivity contribution < 1.29 is 23.1 Å². The molecule has 2 aliphatic rings. The Labute approximate surface area is 267 Å². The van der Waals surface area contributed by atoms with Crippen LogP contribution in [0.25, 0.3) is 10.9 Å². The van der Waals surface area contributed by atoms with Crippen molar-refractivity contribution in [2.75, 3.05) is 11.1 Å². The number of amides is 3. The minimum absolute atomic E-state index is 0.0915. The smallest absolute Gasteiger partial charge is 0.315 e. The average molecular weight is 647 g/mol. The zero-order valence-corrected chi connectivity index (χ0v) is 27.2. The highest BCUT2D eigenvalue weighted by Crippen LogP contribution is 2.34. The highest BCUT2D eigenvalue weighted by molar-refractivity contribution is 8.00. The Hall–Kier alpha value is -3.96. The van der Waals surface area contributed by atoms with Gasteiger partial charge in [-0.05, 0) is 92.6 Å². The number of fused-ring (bicyclic) bond motifs is 2. The van der Waals surface area contributed by atoms with Gasteiger partial charge in [-0.15, -0.1) is 0 Å². The van der Waals surface area contributed by atoms with E-state index in [4.69, 9.17) is 0 Å². The fourth-order valence-electron chi connectivity index (χ4n) is 6.37. The molecule has 0 unspecified atom stereocenters. The number of carbonyl (C=O) groups excluding carboxylic acids is 2. The molecule has 1 aromatic heterocycles. The number of nitrogens with zero attached hydrogens (tertiary/aromatic N) is 1. The number of hydrogen-bond donors (Lipinski definition) is 4. The molecular formula is C34H38N4O5S2. The first-order valence-electron chi connectivity index (χ1n) is 15.2. The number of anilines is 1. The monoisotopic (exact) mass is 646 g/mol. The predicted molar refractivity (Wildman–Crippen MR) is 179 cm³/mol. The SMILES string of the molecule is Cc1ccc(S(=O)(=O)n2cc(Cc3cc(C)c(O)c(C)c3)c3cc(NC(=O)CCCC[C@@H]4SC[C@@H]5NC(=O)N[C@@H]54)ccc32)cc1. The van der Waals surface area contributed by atoms with Crippen LogP contribution >= 0.6 is 11.8 Å². The highest BCUT2D eigenvalue weighted by atomic mass is 32.2. The van der Waals surface area contributed by atoms with Crippen LogP contribution in [-0.4, -0.2) is 52.5 Å². The zero-order chi connectivity index (χ0) is 31.9. The van der Waals surface area contributed by atoms with Crippen molar-refractivity contribution >= 4 is 50.3 Å². The van der Waals surface area contributed by atoms with Gasteiger partial charge >= 0.3 is 6.03 Å². The Bertz CT molecular complexity index is 1860. The Morgan fingerprint density at radius 2 is 1.76 bits per heavy atom. The van der Waals surface area contributed by atoms with Gasteiger partial charge in [0.05, 0.1) is 22.5 Å². The maximum atomic E-state index is 13.8. The Balaban J connectivity index is 1.21. The summed E-state index contributed by atoms with van der Waals surface area (Å²) in [5.41, 5.74) is 5.35. The molecule has 9 nitrogen and oxygen atoms in total. The van der Waals surface area contributed by atoms with Crippen LogP contribution in [-0.2, 0) is 21.2 Å². The number of phenolic OH excluding ortho intramolecular Hbond substituents is 1. The molecule has 2 saturated heterocycles. The summed E-state index contributed by atoms with van der Waals surface area (Å²) >= 11 is 1.87. The van der Waals surface area contributed by atoms with Gasteiger partial charge in [-0.1, -0.05) is 36.2 Å². The second-order valence-electron chi connectivity index (χ2n) is 12.2. The zero-order valence-electron chi connectivity index (χ0n) is 25.6. The van der Waals surface area contributed by atoms with E-state index in [1.54, 1.807) is 42.6 Å². The van der Waals surface area contributed by atoms with Crippen molar-refractivity contribution in [2.24, 2.45) is 0 Å². The third-order valence-electron chi connectivity index (χ3n) is 8.74. The third-order valence-corrected chi connectivity index (χ3v) is 11.9. The number of nitrogens with one attached hydrogen (secondary N) is 3. The van der Waals surface area contributed by atoms with E-state index >= 15 is 0 Å². The van der Waals surface area contributed by atoms with Crippen LogP contribution in [0.1, 0.15) is 53.5 Å².